The molecule has 1 atom stereocenters. The van der Waals surface area contributed by atoms with Crippen LogP contribution in [-0.2, 0) is 4.79 Å². The Labute approximate surface area is 136 Å². The number of aryl methyl sites for hydroxylation is 1. The standard InChI is InChI=1S/C17H23N5O/c1-3-4-5-8-21-10-16(23)20-17(21)14-6-7-15(13(2)9-14)22-12-18-11-19-22/h6-7,9,11-12,17H,3-5,8,10H2,1-2H3,(H,20,23). The van der Waals surface area contributed by atoms with Crippen LogP contribution >= 0.6 is 0 Å². The van der Waals surface area contributed by atoms with Crippen molar-refractivity contribution < 1.29 is 4.79 Å². The molecule has 1 fully saturated rings. The van der Waals surface area contributed by atoms with Gasteiger partial charge in [-0.3, -0.25) is 9.69 Å². The van der Waals surface area contributed by atoms with E-state index in [4.69, 9.17) is 0 Å². The maximum atomic E-state index is 11.8. The molecule has 2 heterocycles. The van der Waals surface area contributed by atoms with Crippen molar-refractivity contribution in [2.75, 3.05) is 13.1 Å². The zero-order valence-corrected chi connectivity index (χ0v) is 13.7. The second-order valence-corrected chi connectivity index (χ2v) is 6.03. The minimum absolute atomic E-state index is 0.0251. The van der Waals surface area contributed by atoms with Crippen molar-refractivity contribution in [3.63, 3.8) is 0 Å². The predicted octanol–water partition coefficient (Wildman–Crippen LogP) is 2.20. The molecule has 1 aliphatic heterocycles. The number of amides is 1. The molecule has 3 rings (SSSR count). The SMILES string of the molecule is CCCCCN1CC(=O)NC1c1ccc(-n2cncn2)c(C)c1. The molecule has 1 aromatic heterocycles. The van der Waals surface area contributed by atoms with Crippen molar-refractivity contribution in [2.45, 2.75) is 39.3 Å². The van der Waals surface area contributed by atoms with Gasteiger partial charge in [-0.2, -0.15) is 5.10 Å². The highest BCUT2D eigenvalue weighted by molar-refractivity contribution is 5.80. The lowest BCUT2D eigenvalue weighted by atomic mass is 10.1. The minimum atomic E-state index is -0.0251. The summed E-state index contributed by atoms with van der Waals surface area (Å²) in [6.07, 6.45) is 6.70. The smallest absolute Gasteiger partial charge is 0.235 e. The van der Waals surface area contributed by atoms with Crippen molar-refractivity contribution in [2.24, 2.45) is 0 Å². The Morgan fingerprint density at radius 2 is 2.22 bits per heavy atom. The molecule has 1 amide bonds. The molecule has 23 heavy (non-hydrogen) atoms. The van der Waals surface area contributed by atoms with Gasteiger partial charge in [-0.25, -0.2) is 9.67 Å². The lowest BCUT2D eigenvalue weighted by Crippen LogP contribution is -2.28. The lowest BCUT2D eigenvalue weighted by molar-refractivity contribution is -0.118. The van der Waals surface area contributed by atoms with Crippen LogP contribution in [0.2, 0.25) is 0 Å². The summed E-state index contributed by atoms with van der Waals surface area (Å²) in [6.45, 7) is 5.68. The fraction of sp³-hybridized carbons (Fsp3) is 0.471. The molecule has 1 aromatic carbocycles. The lowest BCUT2D eigenvalue weighted by Gasteiger charge is -2.24. The highest BCUT2D eigenvalue weighted by atomic mass is 16.2. The number of benzene rings is 1. The van der Waals surface area contributed by atoms with Crippen molar-refractivity contribution >= 4 is 5.91 Å². The third-order valence-electron chi connectivity index (χ3n) is 4.26. The van der Waals surface area contributed by atoms with Gasteiger partial charge in [0.05, 0.1) is 12.2 Å². The van der Waals surface area contributed by atoms with Crippen molar-refractivity contribution in [3.8, 4) is 5.69 Å². The number of hydrogen-bond acceptors (Lipinski definition) is 4. The van der Waals surface area contributed by atoms with E-state index in [1.807, 2.05) is 6.07 Å². The zero-order chi connectivity index (χ0) is 16.2. The first-order chi connectivity index (χ1) is 11.2. The zero-order valence-electron chi connectivity index (χ0n) is 13.7. The Hall–Kier alpha value is -2.21. The van der Waals surface area contributed by atoms with Gasteiger partial charge in [0, 0.05) is 6.54 Å². The van der Waals surface area contributed by atoms with Crippen molar-refractivity contribution in [1.82, 2.24) is 25.0 Å². The Balaban J connectivity index is 1.79. The molecule has 0 bridgehead atoms. The van der Waals surface area contributed by atoms with E-state index in [9.17, 15) is 4.79 Å². The van der Waals surface area contributed by atoms with Gasteiger partial charge in [-0.05, 0) is 30.5 Å². The summed E-state index contributed by atoms with van der Waals surface area (Å²) >= 11 is 0. The Morgan fingerprint density at radius 3 is 2.91 bits per heavy atom. The molecule has 6 heteroatoms. The van der Waals surface area contributed by atoms with Crippen LogP contribution in [0.15, 0.2) is 30.9 Å². The molecule has 0 aliphatic carbocycles. The Bertz CT molecular complexity index is 668. The van der Waals surface area contributed by atoms with Gasteiger partial charge in [-0.15, -0.1) is 0 Å². The number of nitrogens with zero attached hydrogens (tertiary/aromatic N) is 4. The molecule has 0 radical (unpaired) electrons. The average molecular weight is 313 g/mol. The first-order valence-electron chi connectivity index (χ1n) is 8.18. The topological polar surface area (TPSA) is 63.1 Å². The van der Waals surface area contributed by atoms with Crippen LogP contribution in [0.4, 0.5) is 0 Å². The largest absolute Gasteiger partial charge is 0.335 e. The minimum Gasteiger partial charge on any atom is -0.335 e. The van der Waals surface area contributed by atoms with Crippen LogP contribution in [0.3, 0.4) is 0 Å². The molecule has 1 aliphatic rings. The summed E-state index contributed by atoms with van der Waals surface area (Å²) in [5.74, 6) is 0.101. The van der Waals surface area contributed by atoms with Crippen LogP contribution in [0.25, 0.3) is 5.69 Å². The van der Waals surface area contributed by atoms with Crippen molar-refractivity contribution in [3.05, 3.63) is 42.0 Å². The Kier molecular flexibility index (Phi) is 4.71. The number of aromatic nitrogens is 3. The van der Waals surface area contributed by atoms with E-state index >= 15 is 0 Å². The number of unbranched alkanes of at least 4 members (excludes halogenated alkanes) is 2. The summed E-state index contributed by atoms with van der Waals surface area (Å²) in [7, 11) is 0. The van der Waals surface area contributed by atoms with E-state index in [0.29, 0.717) is 6.54 Å². The molecule has 1 unspecified atom stereocenters. The quantitative estimate of drug-likeness (QED) is 0.831. The number of carbonyl (C=O) groups is 1. The van der Waals surface area contributed by atoms with Crippen LogP contribution in [0, 0.1) is 6.92 Å². The highest BCUT2D eigenvalue weighted by Gasteiger charge is 2.30. The maximum absolute atomic E-state index is 11.8. The summed E-state index contributed by atoms with van der Waals surface area (Å²) in [5.41, 5.74) is 3.24. The van der Waals surface area contributed by atoms with Crippen LogP contribution in [0.1, 0.15) is 43.5 Å². The monoisotopic (exact) mass is 313 g/mol. The summed E-state index contributed by atoms with van der Waals surface area (Å²) in [6, 6.07) is 6.22. The van der Waals surface area contributed by atoms with E-state index in [0.717, 1.165) is 29.8 Å². The van der Waals surface area contributed by atoms with Gasteiger partial charge in [0.25, 0.3) is 0 Å². The fourth-order valence-corrected chi connectivity index (χ4v) is 3.07. The first kappa shape index (κ1) is 15.7. The van der Waals surface area contributed by atoms with Gasteiger partial charge < -0.3 is 5.32 Å². The van der Waals surface area contributed by atoms with Crippen LogP contribution in [-0.4, -0.2) is 38.7 Å². The third kappa shape index (κ3) is 3.42. The van der Waals surface area contributed by atoms with E-state index in [1.54, 1.807) is 11.0 Å². The van der Waals surface area contributed by atoms with Gasteiger partial charge >= 0.3 is 0 Å². The molecule has 122 valence electrons. The second-order valence-electron chi connectivity index (χ2n) is 6.03. The average Bonchev–Trinajstić information content (AvgIpc) is 3.17. The number of nitrogens with one attached hydrogen (secondary N) is 1. The molecule has 0 saturated carbocycles. The van der Waals surface area contributed by atoms with E-state index in [1.165, 1.54) is 19.2 Å². The number of hydrogen-bond donors (Lipinski definition) is 1. The third-order valence-corrected chi connectivity index (χ3v) is 4.26. The highest BCUT2D eigenvalue weighted by Crippen LogP contribution is 2.25. The van der Waals surface area contributed by atoms with Gasteiger partial charge in [0.15, 0.2) is 0 Å². The van der Waals surface area contributed by atoms with E-state index in [-0.39, 0.29) is 12.1 Å². The normalized spacial score (nSPS) is 18.3. The molecular formula is C17H23N5O. The van der Waals surface area contributed by atoms with Crippen LogP contribution in [0.5, 0.6) is 0 Å². The number of carbonyl (C=O) groups excluding carboxylic acids is 1. The van der Waals surface area contributed by atoms with Gasteiger partial charge in [0.2, 0.25) is 5.91 Å². The van der Waals surface area contributed by atoms with Crippen molar-refractivity contribution in [1.29, 1.82) is 0 Å². The summed E-state index contributed by atoms with van der Waals surface area (Å²) in [4.78, 5) is 18.0. The number of rotatable bonds is 6. The summed E-state index contributed by atoms with van der Waals surface area (Å²) < 4.78 is 1.76. The predicted molar refractivity (Wildman–Crippen MR) is 88.1 cm³/mol. The maximum Gasteiger partial charge on any atom is 0.235 e. The molecular weight excluding hydrogens is 290 g/mol. The van der Waals surface area contributed by atoms with E-state index < -0.39 is 0 Å². The molecule has 6 nitrogen and oxygen atoms in total. The van der Waals surface area contributed by atoms with Crippen LogP contribution < -0.4 is 5.32 Å². The van der Waals surface area contributed by atoms with E-state index in [2.05, 4.69) is 46.3 Å². The van der Waals surface area contributed by atoms with Gasteiger partial charge in [-0.1, -0.05) is 31.9 Å². The molecule has 2 aromatic rings. The molecule has 1 saturated heterocycles. The first-order valence-corrected chi connectivity index (χ1v) is 8.18. The fourth-order valence-electron chi connectivity index (χ4n) is 3.07. The Morgan fingerprint density at radius 1 is 1.35 bits per heavy atom. The molecule has 1 N–H and O–H groups in total. The second kappa shape index (κ2) is 6.91. The molecule has 0 spiro atoms. The summed E-state index contributed by atoms with van der Waals surface area (Å²) in [5, 5.41) is 7.26. The van der Waals surface area contributed by atoms with Gasteiger partial charge in [0.1, 0.15) is 18.8 Å².